The van der Waals surface area contributed by atoms with Crippen LogP contribution in [-0.2, 0) is 4.79 Å². The van der Waals surface area contributed by atoms with Gasteiger partial charge in [-0.3, -0.25) is 4.79 Å². The van der Waals surface area contributed by atoms with Crippen molar-refractivity contribution in [1.82, 2.24) is 0 Å². The highest BCUT2D eigenvalue weighted by atomic mass is 16.3. The van der Waals surface area contributed by atoms with Gasteiger partial charge in [-0.1, -0.05) is 97.8 Å². The van der Waals surface area contributed by atoms with Gasteiger partial charge in [0, 0.05) is 12.5 Å². The first kappa shape index (κ1) is 23.4. The fourth-order valence-corrected chi connectivity index (χ4v) is 3.48. The zero-order valence-corrected chi connectivity index (χ0v) is 16.6. The van der Waals surface area contributed by atoms with E-state index in [1.807, 2.05) is 6.92 Å². The SMILES string of the molecule is CCC(CO)C(CCCCCCCCCCCCC(C)C)C(N)=O. The second-order valence-corrected chi connectivity index (χ2v) is 7.87. The Morgan fingerprint density at radius 3 is 1.58 bits per heavy atom. The lowest BCUT2D eigenvalue weighted by Crippen LogP contribution is -2.31. The summed E-state index contributed by atoms with van der Waals surface area (Å²) < 4.78 is 0. The third-order valence-corrected chi connectivity index (χ3v) is 5.24. The molecule has 24 heavy (non-hydrogen) atoms. The monoisotopic (exact) mass is 341 g/mol. The Bertz CT molecular complexity index is 288. The molecule has 0 fully saturated rings. The number of aliphatic hydroxyl groups excluding tert-OH is 1. The van der Waals surface area contributed by atoms with Gasteiger partial charge in [-0.2, -0.15) is 0 Å². The third kappa shape index (κ3) is 12.8. The Labute approximate surface area is 150 Å². The third-order valence-electron chi connectivity index (χ3n) is 5.24. The summed E-state index contributed by atoms with van der Waals surface area (Å²) in [4.78, 5) is 11.5. The molecule has 144 valence electrons. The predicted molar refractivity (Wildman–Crippen MR) is 104 cm³/mol. The molecule has 0 aromatic rings. The molecule has 0 saturated carbocycles. The van der Waals surface area contributed by atoms with Crippen molar-refractivity contribution in [3.63, 3.8) is 0 Å². The first-order valence-corrected chi connectivity index (χ1v) is 10.4. The minimum absolute atomic E-state index is 0.0400. The molecule has 1 amide bonds. The topological polar surface area (TPSA) is 63.3 Å². The molecule has 0 aromatic heterocycles. The zero-order chi connectivity index (χ0) is 18.2. The van der Waals surface area contributed by atoms with Crippen molar-refractivity contribution >= 4 is 5.91 Å². The number of primary amides is 1. The molecular weight excluding hydrogens is 298 g/mol. The molecule has 0 radical (unpaired) electrons. The van der Waals surface area contributed by atoms with E-state index in [0.29, 0.717) is 0 Å². The van der Waals surface area contributed by atoms with Gasteiger partial charge in [0.2, 0.25) is 5.91 Å². The van der Waals surface area contributed by atoms with Crippen LogP contribution in [0.4, 0.5) is 0 Å². The van der Waals surface area contributed by atoms with Gasteiger partial charge in [0.05, 0.1) is 0 Å². The Hall–Kier alpha value is -0.570. The maximum Gasteiger partial charge on any atom is 0.220 e. The van der Waals surface area contributed by atoms with Gasteiger partial charge < -0.3 is 10.8 Å². The van der Waals surface area contributed by atoms with E-state index < -0.39 is 0 Å². The first-order valence-electron chi connectivity index (χ1n) is 10.4. The molecule has 3 heteroatoms. The van der Waals surface area contributed by atoms with E-state index in [-0.39, 0.29) is 24.3 Å². The summed E-state index contributed by atoms with van der Waals surface area (Å²) in [6, 6.07) is 0. The van der Waals surface area contributed by atoms with Crippen molar-refractivity contribution in [2.45, 2.75) is 104 Å². The first-order chi connectivity index (χ1) is 11.5. The van der Waals surface area contributed by atoms with Crippen LogP contribution in [0.2, 0.25) is 0 Å². The number of carbonyl (C=O) groups is 1. The zero-order valence-electron chi connectivity index (χ0n) is 16.6. The van der Waals surface area contributed by atoms with E-state index >= 15 is 0 Å². The van der Waals surface area contributed by atoms with Crippen molar-refractivity contribution in [2.24, 2.45) is 23.5 Å². The number of amides is 1. The molecule has 0 heterocycles. The van der Waals surface area contributed by atoms with Crippen molar-refractivity contribution in [1.29, 1.82) is 0 Å². The number of aliphatic hydroxyl groups is 1. The van der Waals surface area contributed by atoms with E-state index in [9.17, 15) is 9.90 Å². The lowest BCUT2D eigenvalue weighted by molar-refractivity contribution is -0.124. The Balaban J connectivity index is 3.48. The Morgan fingerprint density at radius 1 is 0.833 bits per heavy atom. The average Bonchev–Trinajstić information content (AvgIpc) is 2.54. The molecule has 0 spiro atoms. The van der Waals surface area contributed by atoms with Crippen molar-refractivity contribution in [2.75, 3.05) is 6.61 Å². The second-order valence-electron chi connectivity index (χ2n) is 7.87. The van der Waals surface area contributed by atoms with Gasteiger partial charge in [-0.05, 0) is 18.3 Å². The van der Waals surface area contributed by atoms with Gasteiger partial charge in [-0.15, -0.1) is 0 Å². The molecule has 0 aliphatic carbocycles. The minimum Gasteiger partial charge on any atom is -0.396 e. The lowest BCUT2D eigenvalue weighted by Gasteiger charge is -2.21. The summed E-state index contributed by atoms with van der Waals surface area (Å²) in [7, 11) is 0. The molecule has 2 atom stereocenters. The molecule has 0 bridgehead atoms. The van der Waals surface area contributed by atoms with Crippen LogP contribution in [0.25, 0.3) is 0 Å². The fraction of sp³-hybridized carbons (Fsp3) is 0.952. The van der Waals surface area contributed by atoms with Crippen molar-refractivity contribution in [3.05, 3.63) is 0 Å². The number of hydrogen-bond acceptors (Lipinski definition) is 2. The van der Waals surface area contributed by atoms with Gasteiger partial charge >= 0.3 is 0 Å². The van der Waals surface area contributed by atoms with Crippen LogP contribution >= 0.6 is 0 Å². The van der Waals surface area contributed by atoms with Gasteiger partial charge in [0.1, 0.15) is 0 Å². The van der Waals surface area contributed by atoms with Crippen LogP contribution < -0.4 is 5.73 Å². The second kappa shape index (κ2) is 15.9. The molecule has 0 aliphatic heterocycles. The molecule has 0 rings (SSSR count). The van der Waals surface area contributed by atoms with E-state index in [4.69, 9.17) is 5.73 Å². The van der Waals surface area contributed by atoms with Crippen LogP contribution in [0.15, 0.2) is 0 Å². The van der Waals surface area contributed by atoms with Crippen LogP contribution in [-0.4, -0.2) is 17.6 Å². The average molecular weight is 342 g/mol. The maximum absolute atomic E-state index is 11.5. The quantitative estimate of drug-likeness (QED) is 0.346. The Morgan fingerprint density at radius 2 is 1.25 bits per heavy atom. The van der Waals surface area contributed by atoms with Gasteiger partial charge in [-0.25, -0.2) is 0 Å². The largest absolute Gasteiger partial charge is 0.396 e. The molecule has 0 aromatic carbocycles. The summed E-state index contributed by atoms with van der Waals surface area (Å²) in [6.07, 6.45) is 16.1. The fourth-order valence-electron chi connectivity index (χ4n) is 3.48. The van der Waals surface area contributed by atoms with Crippen LogP contribution in [0.3, 0.4) is 0 Å². The number of nitrogens with two attached hydrogens (primary N) is 1. The summed E-state index contributed by atoms with van der Waals surface area (Å²) in [5.41, 5.74) is 5.49. The summed E-state index contributed by atoms with van der Waals surface area (Å²) in [5.74, 6) is 0.501. The molecule has 0 aliphatic rings. The molecule has 3 nitrogen and oxygen atoms in total. The van der Waals surface area contributed by atoms with E-state index in [0.717, 1.165) is 25.2 Å². The number of unbranched alkanes of at least 4 members (excludes halogenated alkanes) is 9. The smallest absolute Gasteiger partial charge is 0.220 e. The standard InChI is InChI=1S/C21H43NO2/c1-4-19(17-23)20(21(22)24)16-14-12-10-8-6-5-7-9-11-13-15-18(2)3/h18-20,23H,4-17H2,1-3H3,(H2,22,24). The van der Waals surface area contributed by atoms with Gasteiger partial charge in [0.25, 0.3) is 0 Å². The molecular formula is C21H43NO2. The molecule has 0 saturated heterocycles. The minimum atomic E-state index is -0.242. The summed E-state index contributed by atoms with van der Waals surface area (Å²) in [6.45, 7) is 6.69. The predicted octanol–water partition coefficient (Wildman–Crippen LogP) is 5.44. The number of hydrogen-bond donors (Lipinski definition) is 2. The van der Waals surface area contributed by atoms with Crippen molar-refractivity contribution in [3.8, 4) is 0 Å². The molecule has 2 unspecified atom stereocenters. The van der Waals surface area contributed by atoms with Crippen LogP contribution in [0.1, 0.15) is 104 Å². The molecule has 3 N–H and O–H groups in total. The van der Waals surface area contributed by atoms with E-state index in [1.165, 1.54) is 64.2 Å². The van der Waals surface area contributed by atoms with E-state index in [1.54, 1.807) is 0 Å². The highest BCUT2D eigenvalue weighted by molar-refractivity contribution is 5.76. The van der Waals surface area contributed by atoms with E-state index in [2.05, 4.69) is 13.8 Å². The number of rotatable bonds is 17. The number of carbonyl (C=O) groups excluding carboxylic acids is 1. The van der Waals surface area contributed by atoms with Gasteiger partial charge in [0.15, 0.2) is 0 Å². The highest BCUT2D eigenvalue weighted by Gasteiger charge is 2.23. The highest BCUT2D eigenvalue weighted by Crippen LogP contribution is 2.22. The maximum atomic E-state index is 11.5. The van der Waals surface area contributed by atoms with Crippen molar-refractivity contribution < 1.29 is 9.90 Å². The Kier molecular flexibility index (Phi) is 15.6. The summed E-state index contributed by atoms with van der Waals surface area (Å²) in [5, 5.41) is 9.34. The van der Waals surface area contributed by atoms with Crippen LogP contribution in [0, 0.1) is 17.8 Å². The normalized spacial score (nSPS) is 14.0. The summed E-state index contributed by atoms with van der Waals surface area (Å²) >= 11 is 0. The van der Waals surface area contributed by atoms with Crippen LogP contribution in [0.5, 0.6) is 0 Å². The lowest BCUT2D eigenvalue weighted by atomic mass is 9.85.